The largest absolute Gasteiger partial charge is 0.481 e. The molecule has 0 aromatic rings. The number of rotatable bonds is 5. The lowest BCUT2D eigenvalue weighted by Gasteiger charge is -2.08. The zero-order valence-electron chi connectivity index (χ0n) is 7.69. The van der Waals surface area contributed by atoms with Gasteiger partial charge in [-0.3, -0.25) is 9.59 Å². The van der Waals surface area contributed by atoms with Crippen molar-refractivity contribution in [1.82, 2.24) is 0 Å². The lowest BCUT2D eigenvalue weighted by molar-refractivity contribution is -0.152. The number of carboxylic acid groups (broad SMARTS) is 1. The van der Waals surface area contributed by atoms with Crippen molar-refractivity contribution in [2.24, 2.45) is 5.92 Å². The van der Waals surface area contributed by atoms with Gasteiger partial charge in [-0.2, -0.15) is 0 Å². The van der Waals surface area contributed by atoms with E-state index in [1.54, 1.807) is 0 Å². The number of esters is 1. The molecule has 0 fully saturated rings. The van der Waals surface area contributed by atoms with E-state index >= 15 is 0 Å². The fourth-order valence-corrected chi connectivity index (χ4v) is 0.610. The summed E-state index contributed by atoms with van der Waals surface area (Å²) in [6.07, 6.45) is -0.883. The maximum atomic E-state index is 10.9. The Morgan fingerprint density at radius 2 is 1.92 bits per heavy atom. The number of aliphatic hydroxyl groups excluding tert-OH is 1. The van der Waals surface area contributed by atoms with E-state index in [0.717, 1.165) is 0 Å². The molecule has 2 N–H and O–H groups in total. The van der Waals surface area contributed by atoms with Crippen LogP contribution in [-0.2, 0) is 14.3 Å². The quantitative estimate of drug-likeness (QED) is 0.597. The van der Waals surface area contributed by atoms with Gasteiger partial charge in [-0.15, -0.1) is 0 Å². The van der Waals surface area contributed by atoms with Gasteiger partial charge in [0.15, 0.2) is 0 Å². The summed E-state index contributed by atoms with van der Waals surface area (Å²) in [4.78, 5) is 21.2. The fraction of sp³-hybridized carbons (Fsp3) is 0.750. The topological polar surface area (TPSA) is 83.8 Å². The molecule has 76 valence electrons. The first kappa shape index (κ1) is 11.9. The number of hydrogen-bond acceptors (Lipinski definition) is 4. The average Bonchev–Trinajstić information content (AvgIpc) is 2.00. The van der Waals surface area contributed by atoms with Gasteiger partial charge in [0.2, 0.25) is 0 Å². The Balaban J connectivity index is 3.68. The van der Waals surface area contributed by atoms with Gasteiger partial charge < -0.3 is 14.9 Å². The Kier molecular flexibility index (Phi) is 5.06. The van der Waals surface area contributed by atoms with E-state index in [2.05, 4.69) is 4.74 Å². The summed E-state index contributed by atoms with van der Waals surface area (Å²) in [6, 6.07) is 0. The molecule has 0 saturated heterocycles. The molecule has 5 heteroatoms. The normalized spacial score (nSPS) is 14.7. The van der Waals surface area contributed by atoms with Crippen LogP contribution in [0.5, 0.6) is 0 Å². The Labute approximate surface area is 76.3 Å². The Morgan fingerprint density at radius 1 is 1.38 bits per heavy atom. The van der Waals surface area contributed by atoms with Crippen LogP contribution in [0.3, 0.4) is 0 Å². The first-order valence-corrected chi connectivity index (χ1v) is 4.00. The van der Waals surface area contributed by atoms with E-state index in [9.17, 15) is 9.59 Å². The molecular formula is C8H14O5. The SMILES string of the molecule is CC(CC(=O)OC[C@H](C)O)C(=O)O. The van der Waals surface area contributed by atoms with Gasteiger partial charge in [-0.25, -0.2) is 0 Å². The molecule has 0 aliphatic heterocycles. The van der Waals surface area contributed by atoms with Crippen molar-refractivity contribution in [3.8, 4) is 0 Å². The van der Waals surface area contributed by atoms with E-state index in [0.29, 0.717) is 0 Å². The van der Waals surface area contributed by atoms with Crippen LogP contribution in [-0.4, -0.2) is 34.9 Å². The van der Waals surface area contributed by atoms with Crippen LogP contribution >= 0.6 is 0 Å². The van der Waals surface area contributed by atoms with Gasteiger partial charge in [-0.1, -0.05) is 6.92 Å². The first-order valence-electron chi connectivity index (χ1n) is 4.00. The lowest BCUT2D eigenvalue weighted by Crippen LogP contribution is -2.20. The molecule has 0 spiro atoms. The monoisotopic (exact) mass is 190 g/mol. The number of ether oxygens (including phenoxy) is 1. The van der Waals surface area contributed by atoms with Crippen molar-refractivity contribution in [2.75, 3.05) is 6.61 Å². The third-order valence-electron chi connectivity index (χ3n) is 1.38. The predicted octanol–water partition coefficient (Wildman–Crippen LogP) is 0.0212. The molecule has 5 nitrogen and oxygen atoms in total. The van der Waals surface area contributed by atoms with Gasteiger partial charge in [0.1, 0.15) is 6.61 Å². The first-order chi connectivity index (χ1) is 5.93. The van der Waals surface area contributed by atoms with Gasteiger partial charge in [0.05, 0.1) is 18.4 Å². The highest BCUT2D eigenvalue weighted by Gasteiger charge is 2.16. The molecule has 13 heavy (non-hydrogen) atoms. The van der Waals surface area contributed by atoms with Crippen molar-refractivity contribution in [1.29, 1.82) is 0 Å². The molecule has 0 radical (unpaired) electrons. The van der Waals surface area contributed by atoms with Crippen LogP contribution in [0.15, 0.2) is 0 Å². The number of hydrogen-bond donors (Lipinski definition) is 2. The number of aliphatic hydroxyl groups is 1. The summed E-state index contributed by atoms with van der Waals surface area (Å²) >= 11 is 0. The van der Waals surface area contributed by atoms with Gasteiger partial charge in [0.25, 0.3) is 0 Å². The molecule has 0 aliphatic rings. The summed E-state index contributed by atoms with van der Waals surface area (Å²) in [5, 5.41) is 17.2. The summed E-state index contributed by atoms with van der Waals surface area (Å²) in [5.41, 5.74) is 0. The van der Waals surface area contributed by atoms with Crippen LogP contribution < -0.4 is 0 Å². The van der Waals surface area contributed by atoms with Crippen molar-refractivity contribution in [3.63, 3.8) is 0 Å². The van der Waals surface area contributed by atoms with Gasteiger partial charge in [-0.05, 0) is 6.92 Å². The highest BCUT2D eigenvalue weighted by atomic mass is 16.5. The van der Waals surface area contributed by atoms with E-state index in [-0.39, 0.29) is 13.0 Å². The zero-order valence-corrected chi connectivity index (χ0v) is 7.69. The molecule has 0 heterocycles. The summed E-state index contributed by atoms with van der Waals surface area (Å²) in [6.45, 7) is 2.81. The van der Waals surface area contributed by atoms with E-state index in [1.165, 1.54) is 13.8 Å². The summed E-state index contributed by atoms with van der Waals surface area (Å²) in [7, 11) is 0. The van der Waals surface area contributed by atoms with E-state index in [1.807, 2.05) is 0 Å². The van der Waals surface area contributed by atoms with Crippen LogP contribution in [0.25, 0.3) is 0 Å². The molecule has 0 saturated carbocycles. The smallest absolute Gasteiger partial charge is 0.306 e. The molecule has 0 aromatic heterocycles. The standard InChI is InChI=1S/C8H14O5/c1-5(8(11)12)3-7(10)13-4-6(2)9/h5-6,9H,3-4H2,1-2H3,(H,11,12)/t5?,6-/m0/s1. The number of carboxylic acids is 1. The summed E-state index contributed by atoms with van der Waals surface area (Å²) in [5.74, 6) is -2.38. The van der Waals surface area contributed by atoms with E-state index < -0.39 is 24.0 Å². The molecule has 0 amide bonds. The lowest BCUT2D eigenvalue weighted by atomic mass is 10.1. The Bertz CT molecular complexity index is 187. The van der Waals surface area contributed by atoms with Gasteiger partial charge >= 0.3 is 11.9 Å². The third-order valence-corrected chi connectivity index (χ3v) is 1.38. The second-order valence-electron chi connectivity index (χ2n) is 2.98. The minimum atomic E-state index is -1.03. The van der Waals surface area contributed by atoms with Crippen LogP contribution in [0.4, 0.5) is 0 Å². The fourth-order valence-electron chi connectivity index (χ4n) is 0.610. The molecule has 0 bridgehead atoms. The number of carbonyl (C=O) groups is 2. The molecule has 0 aromatic carbocycles. The van der Waals surface area contributed by atoms with Crippen LogP contribution in [0, 0.1) is 5.92 Å². The minimum absolute atomic E-state index is 0.0921. The highest BCUT2D eigenvalue weighted by Crippen LogP contribution is 2.03. The molecule has 0 aliphatic carbocycles. The second kappa shape index (κ2) is 5.53. The minimum Gasteiger partial charge on any atom is -0.481 e. The second-order valence-corrected chi connectivity index (χ2v) is 2.98. The van der Waals surface area contributed by atoms with Crippen LogP contribution in [0.2, 0.25) is 0 Å². The number of aliphatic carboxylic acids is 1. The van der Waals surface area contributed by atoms with Crippen molar-refractivity contribution in [3.05, 3.63) is 0 Å². The molecule has 0 rings (SSSR count). The Hall–Kier alpha value is -1.10. The van der Waals surface area contributed by atoms with E-state index in [4.69, 9.17) is 10.2 Å². The highest BCUT2D eigenvalue weighted by molar-refractivity contribution is 5.78. The van der Waals surface area contributed by atoms with Crippen LogP contribution in [0.1, 0.15) is 20.3 Å². The predicted molar refractivity (Wildman–Crippen MR) is 44.1 cm³/mol. The molecular weight excluding hydrogens is 176 g/mol. The van der Waals surface area contributed by atoms with Crippen molar-refractivity contribution >= 4 is 11.9 Å². The summed E-state index contributed by atoms with van der Waals surface area (Å²) < 4.78 is 4.57. The maximum absolute atomic E-state index is 10.9. The zero-order chi connectivity index (χ0) is 10.4. The van der Waals surface area contributed by atoms with Crippen molar-refractivity contribution < 1.29 is 24.5 Å². The maximum Gasteiger partial charge on any atom is 0.306 e. The average molecular weight is 190 g/mol. The third kappa shape index (κ3) is 6.10. The Morgan fingerprint density at radius 3 is 2.31 bits per heavy atom. The molecule has 2 atom stereocenters. The van der Waals surface area contributed by atoms with Gasteiger partial charge in [0, 0.05) is 0 Å². The molecule has 1 unspecified atom stereocenters. The number of carbonyl (C=O) groups excluding carboxylic acids is 1. The van der Waals surface area contributed by atoms with Crippen molar-refractivity contribution in [2.45, 2.75) is 26.4 Å².